The van der Waals surface area contributed by atoms with Crippen LogP contribution in [0, 0.1) is 11.8 Å². The minimum absolute atomic E-state index is 0.144. The van der Waals surface area contributed by atoms with Gasteiger partial charge in [0, 0.05) is 67.5 Å². The maximum Gasteiger partial charge on any atom is 0.285 e. The molecule has 8 aliphatic rings. The van der Waals surface area contributed by atoms with Crippen LogP contribution in [0.25, 0.3) is 0 Å². The van der Waals surface area contributed by atoms with E-state index in [0.29, 0.717) is 160 Å². The third kappa shape index (κ3) is 13.2. The van der Waals surface area contributed by atoms with E-state index in [1.807, 2.05) is 0 Å². The summed E-state index contributed by atoms with van der Waals surface area (Å²) in [6, 6.07) is 12.8. The number of hydrogen-bond acceptors (Lipinski definition) is 16. The van der Waals surface area contributed by atoms with E-state index in [-0.39, 0.29) is 51.2 Å². The number of halogens is 8. The lowest BCUT2D eigenvalue weighted by Gasteiger charge is -2.32. The number of ether oxygens (including phenoxy) is 4. The lowest BCUT2D eigenvalue weighted by molar-refractivity contribution is 0.0213. The highest BCUT2D eigenvalue weighted by atomic mass is 79.9. The number of rotatable bonds is 18. The summed E-state index contributed by atoms with van der Waals surface area (Å²) < 4.78 is 28.4. The number of Topliss-reactive ketones (excluding diaryl/α,β-unsaturated/α-hetero) is 4. The van der Waals surface area contributed by atoms with E-state index in [9.17, 15) is 39.6 Å². The number of hydrogen-bond donors (Lipinski definition) is 4. The number of carbonyl (C=O) groups excluding carboxylic acids is 4. The molecule has 4 aromatic carbocycles. The van der Waals surface area contributed by atoms with Gasteiger partial charge in [-0.25, -0.2) is 0 Å². The molecule has 24 heteroatoms. The lowest BCUT2D eigenvalue weighted by atomic mass is 9.97. The third-order valence-corrected chi connectivity index (χ3v) is 27.3. The fourth-order valence-electron chi connectivity index (χ4n) is 13.5. The first-order valence-corrected chi connectivity index (χ1v) is 39.0. The van der Waals surface area contributed by atoms with E-state index in [2.05, 4.69) is 163 Å². The molecule has 0 fully saturated rings. The van der Waals surface area contributed by atoms with Crippen molar-refractivity contribution in [2.45, 2.75) is 167 Å². The Kier molecular flexibility index (Phi) is 24.5. The predicted octanol–water partition coefficient (Wildman–Crippen LogP) is 20.4. The number of unbranched alkanes of at least 4 members (excludes halogenated alkanes) is 6. The van der Waals surface area contributed by atoms with E-state index in [0.717, 1.165) is 77.0 Å². The van der Waals surface area contributed by atoms with Crippen LogP contribution in [0.15, 0.2) is 135 Å². The van der Waals surface area contributed by atoms with Gasteiger partial charge in [-0.1, -0.05) is 142 Å². The molecule has 4 unspecified atom stereocenters. The zero-order valence-corrected chi connectivity index (χ0v) is 68.8. The van der Waals surface area contributed by atoms with Crippen LogP contribution in [0.4, 0.5) is 0 Å². The first-order valence-electron chi connectivity index (χ1n) is 33.4. The van der Waals surface area contributed by atoms with E-state index >= 15 is 0 Å². The number of carbonyl (C=O) groups is 4. The molecule has 4 aromatic rings. The average Bonchev–Trinajstić information content (AvgIpc) is 1.58. The molecule has 4 atom stereocenters. The molecule has 0 aromatic heterocycles. The molecule has 4 N–H and O–H groups in total. The van der Waals surface area contributed by atoms with Crippen LogP contribution < -0.4 is 18.9 Å². The van der Waals surface area contributed by atoms with Crippen LogP contribution in [-0.4, -0.2) is 114 Å². The normalized spacial score (nSPS) is 22.3. The van der Waals surface area contributed by atoms with Gasteiger partial charge in [-0.15, -0.1) is 0 Å². The molecule has 0 saturated heterocycles. The molecule has 0 radical (unpaired) electrons. The Morgan fingerprint density at radius 3 is 0.930 bits per heavy atom. The second-order valence-electron chi connectivity index (χ2n) is 26.8. The van der Waals surface area contributed by atoms with Crippen molar-refractivity contribution in [1.29, 1.82) is 0 Å². The Labute approximate surface area is 646 Å². The molecular weight excluding hydrogens is 1710 g/mol. The van der Waals surface area contributed by atoms with Crippen LogP contribution in [0.2, 0.25) is 0 Å². The van der Waals surface area contributed by atoms with E-state index < -0.39 is 22.9 Å². The standard InChI is InChI=1S/2C19H21Br2NO3.2C19H21BrClNO3/c1-10(2)6-5-7-12-14(23)9-8-13-16(12)25-19(18(13)24)17(21)15(20)11(3)22(19)4;1-4-5-6-7-8-12-14(23)10-9-13-16(12)25-19(18(13)24)17(21)15(20)11(2)22(19)3;1-10(2)6-5-7-12-14(23)9-8-13-16(12)25-19(18(13)24)17(21)15(20)11(3)22(19)4;1-4-5-6-7-8-12-14(23)10-9-13-16(12)25-19(18(13)24)17(20)15(21)11(2)22(19)3/h8-10,23H,3,5-7H2,1-2,4H3;9-10,23H,2,4-8H2,1,3H3;8-10,23H,3,5-7H2,1-2,4H3;9-10,23H,2,4-8H2,1,3H3. The summed E-state index contributed by atoms with van der Waals surface area (Å²) in [5.41, 5.74) is 1.75. The quantitative estimate of drug-likeness (QED) is 0.0685. The summed E-state index contributed by atoms with van der Waals surface area (Å²) in [5.74, 6) is 2.90. The number of benzene rings is 4. The monoisotopic (exact) mass is 1790 g/mol. The Morgan fingerprint density at radius 2 is 0.670 bits per heavy atom. The summed E-state index contributed by atoms with van der Waals surface area (Å²) in [7, 11) is 7.01. The molecule has 8 aliphatic heterocycles. The fourth-order valence-corrected chi connectivity index (χ4v) is 17.9. The molecule has 0 amide bonds. The second-order valence-corrected chi connectivity index (χ2v) is 32.3. The van der Waals surface area contributed by atoms with Crippen molar-refractivity contribution in [2.75, 3.05) is 28.2 Å². The summed E-state index contributed by atoms with van der Waals surface area (Å²) in [6.07, 6.45) is 15.2. The number of ketones is 4. The number of phenols is 4. The van der Waals surface area contributed by atoms with E-state index in [1.165, 1.54) is 0 Å². The Balaban J connectivity index is 0.000000156. The third-order valence-electron chi connectivity index (χ3n) is 19.6. The molecule has 0 aliphatic carbocycles. The number of fused-ring (bicyclic) bond motifs is 4. The van der Waals surface area contributed by atoms with E-state index in [4.69, 9.17) is 42.1 Å². The number of allylic oxidation sites excluding steroid dienone is 4. The average molecular weight is 1800 g/mol. The van der Waals surface area contributed by atoms with Crippen LogP contribution in [0.3, 0.4) is 0 Å². The minimum atomic E-state index is -1.43. The molecule has 0 bridgehead atoms. The van der Waals surface area contributed by atoms with Crippen molar-refractivity contribution in [2.24, 2.45) is 11.8 Å². The van der Waals surface area contributed by atoms with Crippen molar-refractivity contribution in [1.82, 2.24) is 19.6 Å². The zero-order chi connectivity index (χ0) is 73.7. The van der Waals surface area contributed by atoms with Crippen molar-refractivity contribution in [3.8, 4) is 46.0 Å². The van der Waals surface area contributed by atoms with Crippen molar-refractivity contribution >= 4 is 142 Å². The van der Waals surface area contributed by atoms with Gasteiger partial charge in [0.2, 0.25) is 23.1 Å². The van der Waals surface area contributed by atoms with Gasteiger partial charge in [0.15, 0.2) is 0 Å². The smallest absolute Gasteiger partial charge is 0.285 e. The maximum atomic E-state index is 13.2. The highest BCUT2D eigenvalue weighted by Gasteiger charge is 2.63. The van der Waals surface area contributed by atoms with E-state index in [1.54, 1.807) is 96.3 Å². The van der Waals surface area contributed by atoms with Gasteiger partial charge < -0.3 is 59.0 Å². The van der Waals surface area contributed by atoms with Gasteiger partial charge in [0.25, 0.3) is 22.9 Å². The molecule has 536 valence electrons. The van der Waals surface area contributed by atoms with Crippen LogP contribution in [-0.2, 0) is 25.7 Å². The van der Waals surface area contributed by atoms with Crippen molar-refractivity contribution in [3.05, 3.63) is 179 Å². The van der Waals surface area contributed by atoms with Gasteiger partial charge in [0.1, 0.15) is 51.0 Å². The summed E-state index contributed by atoms with van der Waals surface area (Å²) in [6.45, 7) is 28.8. The van der Waals surface area contributed by atoms with Gasteiger partial charge in [-0.3, -0.25) is 19.2 Å². The largest absolute Gasteiger partial charge is 0.508 e. The summed E-state index contributed by atoms with van der Waals surface area (Å²) in [4.78, 5) is 59.4. The first-order chi connectivity index (χ1) is 47.1. The van der Waals surface area contributed by atoms with Crippen molar-refractivity contribution < 1.29 is 58.6 Å². The second kappa shape index (κ2) is 31.1. The zero-order valence-electron chi connectivity index (χ0n) is 57.8. The number of likely N-dealkylation sites (N-methyl/N-ethyl adjacent to an activating group) is 4. The molecule has 100 heavy (non-hydrogen) atoms. The van der Waals surface area contributed by atoms with Gasteiger partial charge in [-0.2, -0.15) is 0 Å². The number of phenolic OH excluding ortho intramolecular Hbond substituents is 4. The van der Waals surface area contributed by atoms with Gasteiger partial charge >= 0.3 is 0 Å². The Hall–Kier alpha value is -5.46. The fraction of sp³-hybridized carbons (Fsp3) is 0.421. The minimum Gasteiger partial charge on any atom is -0.508 e. The molecule has 8 heterocycles. The van der Waals surface area contributed by atoms with Gasteiger partial charge in [-0.05, 0) is 207 Å². The molecule has 0 saturated carbocycles. The molecule has 12 rings (SSSR count). The van der Waals surface area contributed by atoms with Crippen LogP contribution in [0.5, 0.6) is 46.0 Å². The number of aromatic hydroxyl groups is 4. The Morgan fingerprint density at radius 1 is 0.400 bits per heavy atom. The molecule has 16 nitrogen and oxygen atoms in total. The highest BCUT2D eigenvalue weighted by molar-refractivity contribution is 9.14. The number of nitrogens with zero attached hydrogens (tertiary/aromatic N) is 4. The van der Waals surface area contributed by atoms with Crippen LogP contribution in [0.1, 0.15) is 182 Å². The predicted molar refractivity (Wildman–Crippen MR) is 415 cm³/mol. The first kappa shape index (κ1) is 78.7. The molecule has 4 spiro atoms. The maximum absolute atomic E-state index is 13.2. The summed E-state index contributed by atoms with van der Waals surface area (Å²) in [5, 5.41) is 41.9. The SMILES string of the molecule is C=C1C(Br)=C(Br)C2(Oc3c(ccc(O)c3CCCC(C)C)C2=O)N1C.C=C1C(Br)=C(Br)C2(Oc3c(ccc(O)c3CCCCCC)C2=O)N1C.C=C1C(Br)=C(Cl)C2(Oc3c(ccc(O)c3CCCC(C)C)C2=O)N1C.C=C1C(Cl)=C(Br)C2(Oc3c(ccc(O)c3CCCCCC)C2=O)N1C. The lowest BCUT2D eigenvalue weighted by Crippen LogP contribution is -2.51. The van der Waals surface area contributed by atoms with Crippen LogP contribution >= 0.6 is 119 Å². The topological polar surface area (TPSA) is 199 Å². The highest BCUT2D eigenvalue weighted by Crippen LogP contribution is 2.58. The Bertz CT molecular complexity index is 3980. The molecular formula is C76H84Br6Cl2N4O12. The van der Waals surface area contributed by atoms with Gasteiger partial charge in [0.05, 0.1) is 59.9 Å². The van der Waals surface area contributed by atoms with Crippen molar-refractivity contribution in [3.63, 3.8) is 0 Å². The summed E-state index contributed by atoms with van der Waals surface area (Å²) >= 11 is 33.5.